The fourth-order valence-electron chi connectivity index (χ4n) is 8.42. The van der Waals surface area contributed by atoms with Crippen LogP contribution < -0.4 is 5.32 Å². The van der Waals surface area contributed by atoms with Crippen LogP contribution in [0.1, 0.15) is 80.4 Å². The van der Waals surface area contributed by atoms with Crippen molar-refractivity contribution in [2.75, 3.05) is 20.7 Å². The number of hydrogen-bond donors (Lipinski definition) is 2. The van der Waals surface area contributed by atoms with Gasteiger partial charge in [-0.2, -0.15) is 0 Å². The largest absolute Gasteiger partial charge is 0.455 e. The average Bonchev–Trinajstić information content (AvgIpc) is 3.77. The number of ketones is 2. The monoisotopic (exact) mass is 798 g/mol. The molecule has 13 atom stereocenters. The Balaban J connectivity index is 1.57. The number of hydrogen-bond acceptors (Lipinski definition) is 14. The van der Waals surface area contributed by atoms with Crippen molar-refractivity contribution < 1.29 is 56.9 Å². The van der Waals surface area contributed by atoms with Crippen LogP contribution in [0.3, 0.4) is 0 Å². The number of ether oxygens (including phenoxy) is 5. The average molecular weight is 799 g/mol. The third-order valence-electron chi connectivity index (χ3n) is 11.6. The third kappa shape index (κ3) is 9.08. The molecular formula is C41H55FN4O11. The van der Waals surface area contributed by atoms with Gasteiger partial charge in [0.25, 0.3) is 5.67 Å². The zero-order chi connectivity index (χ0) is 42.0. The predicted molar refractivity (Wildman–Crippen MR) is 202 cm³/mol. The molecule has 5 rings (SSSR count). The molecule has 0 unspecified atom stereocenters. The number of alkyl carbamates (subject to hydrolysis) is 1. The van der Waals surface area contributed by atoms with Gasteiger partial charge in [-0.25, -0.2) is 14.0 Å². The van der Waals surface area contributed by atoms with E-state index in [9.17, 15) is 24.3 Å². The molecule has 2 aromatic rings. The van der Waals surface area contributed by atoms with Crippen molar-refractivity contribution in [1.29, 1.82) is 0 Å². The molecule has 0 saturated carbocycles. The molecule has 312 valence electrons. The standard InChI is InChI=1S/C41H55FN4O11/c1-11-30-41(8)33(44-38(51)56-41)24(4)31(47)22(2)21-39(6,52-18-14-15-26-20-28(45-57-26)27-16-12-13-17-43-27)35(25(5)34(49)40(7,42)37(50)54-30)55-36-32(48)29(46(9)10)19-23(3)53-36/h12-13,16-17,20,22-25,29-30,32-33,35-36,48H,11,18-19,21H2,1-10H3,(H,44,51)/t22-,23-,24+,25+,29+,30-,32-,33-,35-,36+,39+,40+,41-/m1/s1. The molecule has 0 aliphatic carbocycles. The summed E-state index contributed by atoms with van der Waals surface area (Å²) in [6.45, 7) is 11.8. The number of fused-ring (bicyclic) bond motifs is 1. The summed E-state index contributed by atoms with van der Waals surface area (Å²) in [5, 5.41) is 18.2. The first-order chi connectivity index (χ1) is 26.7. The van der Waals surface area contributed by atoms with Crippen LogP contribution in [-0.4, -0.2) is 124 Å². The molecule has 3 saturated heterocycles. The number of carbonyl (C=O) groups excluding carboxylic acids is 4. The fraction of sp³-hybridized carbons (Fsp3) is 0.659. The Morgan fingerprint density at radius 2 is 1.79 bits per heavy atom. The lowest BCUT2D eigenvalue weighted by molar-refractivity contribution is -0.296. The van der Waals surface area contributed by atoms with Gasteiger partial charge in [-0.3, -0.25) is 14.6 Å². The highest BCUT2D eigenvalue weighted by Crippen LogP contribution is 2.41. The van der Waals surface area contributed by atoms with Crippen molar-refractivity contribution in [2.45, 2.75) is 134 Å². The van der Waals surface area contributed by atoms with E-state index in [-0.39, 0.29) is 31.0 Å². The van der Waals surface area contributed by atoms with Crippen LogP contribution in [0.25, 0.3) is 11.4 Å². The van der Waals surface area contributed by atoms with Crippen molar-refractivity contribution in [2.24, 2.45) is 17.8 Å². The maximum absolute atomic E-state index is 16.8. The Morgan fingerprint density at radius 1 is 1.07 bits per heavy atom. The van der Waals surface area contributed by atoms with E-state index < -0.39 is 95.3 Å². The second-order valence-electron chi connectivity index (χ2n) is 16.3. The molecule has 2 N–H and O–H groups in total. The first-order valence-corrected chi connectivity index (χ1v) is 19.4. The number of nitrogens with zero attached hydrogens (tertiary/aromatic N) is 3. The number of aliphatic hydroxyl groups is 1. The number of rotatable bonds is 7. The summed E-state index contributed by atoms with van der Waals surface area (Å²) in [4.78, 5) is 61.3. The molecule has 3 aliphatic rings. The quantitative estimate of drug-likeness (QED) is 0.232. The lowest BCUT2D eigenvalue weighted by atomic mass is 9.73. The summed E-state index contributed by atoms with van der Waals surface area (Å²) >= 11 is 0. The summed E-state index contributed by atoms with van der Waals surface area (Å²) in [7, 11) is 3.61. The lowest BCUT2D eigenvalue weighted by Crippen LogP contribution is -2.61. The van der Waals surface area contributed by atoms with E-state index in [1.165, 1.54) is 13.8 Å². The molecule has 0 aromatic carbocycles. The number of esters is 1. The molecule has 16 heteroatoms. The summed E-state index contributed by atoms with van der Waals surface area (Å²) in [5.74, 6) is -0.211. The van der Waals surface area contributed by atoms with Gasteiger partial charge in [0.2, 0.25) is 5.76 Å². The Labute approximate surface area is 332 Å². The van der Waals surface area contributed by atoms with Crippen LogP contribution in [0, 0.1) is 29.6 Å². The number of aromatic nitrogens is 2. The highest BCUT2D eigenvalue weighted by molar-refractivity contribution is 6.08. The van der Waals surface area contributed by atoms with Crippen molar-refractivity contribution in [3.8, 4) is 23.2 Å². The van der Waals surface area contributed by atoms with Gasteiger partial charge in [-0.1, -0.05) is 44.8 Å². The molecule has 57 heavy (non-hydrogen) atoms. The van der Waals surface area contributed by atoms with Gasteiger partial charge < -0.3 is 43.5 Å². The first-order valence-electron chi connectivity index (χ1n) is 19.4. The highest BCUT2D eigenvalue weighted by Gasteiger charge is 2.59. The van der Waals surface area contributed by atoms with Gasteiger partial charge in [-0.05, 0) is 79.1 Å². The number of likely N-dealkylation sites (N-methyl/N-ethyl adjacent to an activating group) is 1. The minimum absolute atomic E-state index is 0.0727. The zero-order valence-corrected chi connectivity index (χ0v) is 34.2. The van der Waals surface area contributed by atoms with Gasteiger partial charge in [-0.15, -0.1) is 0 Å². The van der Waals surface area contributed by atoms with Crippen molar-refractivity contribution in [3.63, 3.8) is 0 Å². The minimum atomic E-state index is -3.22. The van der Waals surface area contributed by atoms with Gasteiger partial charge in [0.15, 0.2) is 17.7 Å². The molecule has 5 heterocycles. The molecule has 3 fully saturated rings. The van der Waals surface area contributed by atoms with Crippen LogP contribution in [0.2, 0.25) is 0 Å². The smallest absolute Gasteiger partial charge is 0.408 e. The van der Waals surface area contributed by atoms with Gasteiger partial charge in [0.05, 0.1) is 29.5 Å². The number of amides is 1. The number of nitrogens with one attached hydrogen (secondary N) is 1. The third-order valence-corrected chi connectivity index (χ3v) is 11.6. The van der Waals surface area contributed by atoms with E-state index in [2.05, 4.69) is 27.3 Å². The van der Waals surface area contributed by atoms with E-state index >= 15 is 4.39 Å². The molecule has 0 radical (unpaired) electrons. The van der Waals surface area contributed by atoms with E-state index in [1.807, 2.05) is 17.9 Å². The first kappa shape index (κ1) is 43.8. The number of cyclic esters (lactones) is 1. The molecule has 1 amide bonds. The lowest BCUT2D eigenvalue weighted by Gasteiger charge is -2.47. The summed E-state index contributed by atoms with van der Waals surface area (Å²) in [6, 6.07) is 5.57. The number of halogens is 1. The molecular weight excluding hydrogens is 743 g/mol. The van der Waals surface area contributed by atoms with Crippen molar-refractivity contribution >= 4 is 23.6 Å². The van der Waals surface area contributed by atoms with E-state index in [1.54, 1.807) is 66.2 Å². The molecule has 0 spiro atoms. The van der Waals surface area contributed by atoms with E-state index in [0.29, 0.717) is 17.8 Å². The van der Waals surface area contributed by atoms with Crippen LogP contribution in [0.4, 0.5) is 9.18 Å². The maximum Gasteiger partial charge on any atom is 0.408 e. The zero-order valence-electron chi connectivity index (χ0n) is 34.2. The highest BCUT2D eigenvalue weighted by atomic mass is 19.1. The number of pyridine rings is 1. The second-order valence-corrected chi connectivity index (χ2v) is 16.3. The van der Waals surface area contributed by atoms with Crippen molar-refractivity contribution in [3.05, 3.63) is 36.2 Å². The number of alkyl halides is 1. The fourth-order valence-corrected chi connectivity index (χ4v) is 8.42. The van der Waals surface area contributed by atoms with Crippen molar-refractivity contribution in [1.82, 2.24) is 20.4 Å². The summed E-state index contributed by atoms with van der Waals surface area (Å²) in [6.07, 6.45) is -4.37. The molecule has 2 aromatic heterocycles. The number of Topliss-reactive ketones (excluding diaryl/α,β-unsaturated/α-hetero) is 2. The Morgan fingerprint density at radius 3 is 2.44 bits per heavy atom. The summed E-state index contributed by atoms with van der Waals surface area (Å²) in [5.41, 5.74) is -5.39. The van der Waals surface area contributed by atoms with Crippen LogP contribution >= 0.6 is 0 Å². The number of aliphatic hydroxyl groups excluding tert-OH is 1. The molecule has 0 bridgehead atoms. The van der Waals surface area contributed by atoms with Gasteiger partial charge in [0.1, 0.15) is 30.3 Å². The number of carbonyl (C=O) groups is 4. The van der Waals surface area contributed by atoms with E-state index in [4.69, 9.17) is 28.2 Å². The SMILES string of the molecule is CC[C@H]1OC(=O)[C@@](C)(F)C(=O)[C@H](C)[C@@H](O[C@@H]2O[C@H](C)C[C@H](N(C)C)[C@H]2O)[C@@](C)(OCC#Cc2cc(-c3ccccn3)no2)C[C@@H](C)C(=O)[C@H](C)[C@H]2NC(=O)O[C@@]21C. The Bertz CT molecular complexity index is 1850. The van der Waals surface area contributed by atoms with Gasteiger partial charge in [0, 0.05) is 36.1 Å². The maximum atomic E-state index is 16.8. The van der Waals surface area contributed by atoms with Crippen LogP contribution in [0.15, 0.2) is 35.0 Å². The topological polar surface area (TPSA) is 189 Å². The molecule has 15 nitrogen and oxygen atoms in total. The van der Waals surface area contributed by atoms with E-state index in [0.717, 1.165) is 6.92 Å². The van der Waals surface area contributed by atoms with Crippen LogP contribution in [-0.2, 0) is 38.1 Å². The Kier molecular flexibility index (Phi) is 13.3. The predicted octanol–water partition coefficient (Wildman–Crippen LogP) is 4.04. The molecule has 3 aliphatic heterocycles. The van der Waals surface area contributed by atoms with Crippen LogP contribution in [0.5, 0.6) is 0 Å². The summed E-state index contributed by atoms with van der Waals surface area (Å²) < 4.78 is 52.7. The Hall–Kier alpha value is -4.27. The minimum Gasteiger partial charge on any atom is -0.455 e. The van der Waals surface area contributed by atoms with Gasteiger partial charge >= 0.3 is 12.1 Å². The second kappa shape index (κ2) is 17.3. The normalized spacial score (nSPS) is 38.0.